The van der Waals surface area contributed by atoms with E-state index in [0.29, 0.717) is 6.04 Å². The van der Waals surface area contributed by atoms with Crippen LogP contribution in [0.4, 0.5) is 5.82 Å². The van der Waals surface area contributed by atoms with Gasteiger partial charge in [0.15, 0.2) is 0 Å². The van der Waals surface area contributed by atoms with E-state index in [1.165, 1.54) is 32.1 Å². The first-order valence-corrected chi connectivity index (χ1v) is 7.12. The average Bonchev–Trinajstić information content (AvgIpc) is 2.38. The molecule has 0 N–H and O–H groups in total. The lowest BCUT2D eigenvalue weighted by molar-refractivity contribution is 0.417. The monoisotopic (exact) mass is 283 g/mol. The summed E-state index contributed by atoms with van der Waals surface area (Å²) in [5.41, 5.74) is 0. The Morgan fingerprint density at radius 2 is 2.06 bits per heavy atom. The molecule has 1 aromatic rings. The van der Waals surface area contributed by atoms with Gasteiger partial charge in [-0.1, -0.05) is 35.2 Å². The summed E-state index contributed by atoms with van der Waals surface area (Å²) >= 11 is 3.52. The number of alkyl halides is 1. The number of hydrogen-bond donors (Lipinski definition) is 0. The lowest BCUT2D eigenvalue weighted by Gasteiger charge is -2.34. The summed E-state index contributed by atoms with van der Waals surface area (Å²) in [5, 5.41) is 0.986. The molecule has 0 radical (unpaired) electrons. The predicted molar refractivity (Wildman–Crippen MR) is 70.0 cm³/mol. The Balaban J connectivity index is 2.09. The molecule has 2 rings (SSSR count). The Hall–Kier alpha value is -0.640. The molecule has 0 aliphatic heterocycles. The van der Waals surface area contributed by atoms with Gasteiger partial charge in [0, 0.05) is 30.3 Å². The smallest absolute Gasteiger partial charge is 0.147 e. The number of aromatic nitrogens is 2. The van der Waals surface area contributed by atoms with Crippen LogP contribution in [0.5, 0.6) is 0 Å². The van der Waals surface area contributed by atoms with Crippen LogP contribution in [0, 0.1) is 0 Å². The fraction of sp³-hybridized carbons (Fsp3) is 0.667. The lowest BCUT2D eigenvalue weighted by Crippen LogP contribution is -2.38. The molecule has 16 heavy (non-hydrogen) atoms. The van der Waals surface area contributed by atoms with Gasteiger partial charge in [0.2, 0.25) is 0 Å². The maximum absolute atomic E-state index is 4.42. The second kappa shape index (κ2) is 6.18. The number of halogens is 1. The molecule has 1 saturated carbocycles. The number of hydrogen-bond acceptors (Lipinski definition) is 3. The lowest BCUT2D eigenvalue weighted by atomic mass is 9.94. The average molecular weight is 284 g/mol. The fourth-order valence-corrected chi connectivity index (χ4v) is 2.79. The van der Waals surface area contributed by atoms with E-state index in [1.54, 1.807) is 12.4 Å². The number of nitrogens with zero attached hydrogens (tertiary/aromatic N) is 3. The van der Waals surface area contributed by atoms with Gasteiger partial charge in [-0.2, -0.15) is 0 Å². The Morgan fingerprint density at radius 3 is 2.69 bits per heavy atom. The SMILES string of the molecule is BrCCN(c1cnccn1)C1CCCCC1. The van der Waals surface area contributed by atoms with Crippen LogP contribution in [0.25, 0.3) is 0 Å². The van der Waals surface area contributed by atoms with Crippen LogP contribution in [-0.2, 0) is 0 Å². The minimum Gasteiger partial charge on any atom is -0.352 e. The highest BCUT2D eigenvalue weighted by atomic mass is 79.9. The molecule has 0 saturated heterocycles. The quantitative estimate of drug-likeness (QED) is 0.796. The molecule has 0 aromatic carbocycles. The number of rotatable bonds is 4. The van der Waals surface area contributed by atoms with Crippen LogP contribution in [-0.4, -0.2) is 27.9 Å². The van der Waals surface area contributed by atoms with Crippen LogP contribution in [0.1, 0.15) is 32.1 Å². The van der Waals surface area contributed by atoms with Gasteiger partial charge in [0.25, 0.3) is 0 Å². The largest absolute Gasteiger partial charge is 0.352 e. The molecule has 3 nitrogen and oxygen atoms in total. The predicted octanol–water partition coefficient (Wildman–Crippen LogP) is 3.01. The summed E-state index contributed by atoms with van der Waals surface area (Å²) in [4.78, 5) is 11.0. The van der Waals surface area contributed by atoms with Gasteiger partial charge in [-0.25, -0.2) is 4.98 Å². The zero-order valence-corrected chi connectivity index (χ0v) is 11.1. The van der Waals surface area contributed by atoms with E-state index < -0.39 is 0 Å². The normalized spacial score (nSPS) is 17.3. The minimum absolute atomic E-state index is 0.656. The molecule has 1 aromatic heterocycles. The summed E-state index contributed by atoms with van der Waals surface area (Å²) in [5.74, 6) is 1.02. The standard InChI is InChI=1S/C12H18BrN3/c13-6-9-16(11-4-2-1-3-5-11)12-10-14-7-8-15-12/h7-8,10-11H,1-6,9H2. The second-order valence-corrected chi connectivity index (χ2v) is 5.03. The maximum atomic E-state index is 4.42. The van der Waals surface area contributed by atoms with E-state index in [1.807, 2.05) is 6.20 Å². The molecule has 88 valence electrons. The van der Waals surface area contributed by atoms with Crippen LogP contribution >= 0.6 is 15.9 Å². The van der Waals surface area contributed by atoms with Crippen molar-refractivity contribution in [1.82, 2.24) is 9.97 Å². The van der Waals surface area contributed by atoms with Crippen molar-refractivity contribution < 1.29 is 0 Å². The Morgan fingerprint density at radius 1 is 1.25 bits per heavy atom. The van der Waals surface area contributed by atoms with E-state index in [0.717, 1.165) is 17.7 Å². The van der Waals surface area contributed by atoms with E-state index in [-0.39, 0.29) is 0 Å². The third-order valence-electron chi connectivity index (χ3n) is 3.18. The molecule has 0 spiro atoms. The first-order chi connectivity index (χ1) is 7.92. The molecular formula is C12H18BrN3. The van der Waals surface area contributed by atoms with Crippen molar-refractivity contribution in [3.8, 4) is 0 Å². The van der Waals surface area contributed by atoms with Crippen molar-refractivity contribution in [3.63, 3.8) is 0 Å². The summed E-state index contributed by atoms with van der Waals surface area (Å²) in [6.45, 7) is 1.02. The van der Waals surface area contributed by atoms with E-state index in [9.17, 15) is 0 Å². The molecule has 0 unspecified atom stereocenters. The minimum atomic E-state index is 0.656. The molecular weight excluding hydrogens is 266 g/mol. The summed E-state index contributed by atoms with van der Waals surface area (Å²) in [7, 11) is 0. The Labute approximate surface area is 105 Å². The zero-order chi connectivity index (χ0) is 11.2. The van der Waals surface area contributed by atoms with Gasteiger partial charge in [0.1, 0.15) is 5.82 Å². The van der Waals surface area contributed by atoms with Crippen molar-refractivity contribution in [2.24, 2.45) is 0 Å². The van der Waals surface area contributed by atoms with Gasteiger partial charge >= 0.3 is 0 Å². The highest BCUT2D eigenvalue weighted by Crippen LogP contribution is 2.25. The van der Waals surface area contributed by atoms with E-state index in [4.69, 9.17) is 0 Å². The molecule has 1 heterocycles. The highest BCUT2D eigenvalue weighted by molar-refractivity contribution is 9.09. The van der Waals surface area contributed by atoms with Crippen molar-refractivity contribution >= 4 is 21.7 Å². The van der Waals surface area contributed by atoms with Crippen molar-refractivity contribution in [3.05, 3.63) is 18.6 Å². The van der Waals surface area contributed by atoms with Crippen LogP contribution in [0.2, 0.25) is 0 Å². The molecule has 1 fully saturated rings. The van der Waals surface area contributed by atoms with Crippen LogP contribution in [0.15, 0.2) is 18.6 Å². The second-order valence-electron chi connectivity index (χ2n) is 4.24. The molecule has 1 aliphatic carbocycles. The highest BCUT2D eigenvalue weighted by Gasteiger charge is 2.21. The topological polar surface area (TPSA) is 29.0 Å². The van der Waals surface area contributed by atoms with Gasteiger partial charge in [0.05, 0.1) is 6.20 Å². The first-order valence-electron chi connectivity index (χ1n) is 6.00. The zero-order valence-electron chi connectivity index (χ0n) is 9.48. The third kappa shape index (κ3) is 2.94. The van der Waals surface area contributed by atoms with Crippen molar-refractivity contribution in [1.29, 1.82) is 0 Å². The molecule has 1 aliphatic rings. The summed E-state index contributed by atoms with van der Waals surface area (Å²) in [6, 6.07) is 0.656. The van der Waals surface area contributed by atoms with Crippen molar-refractivity contribution in [2.45, 2.75) is 38.1 Å². The molecule has 0 bridgehead atoms. The van der Waals surface area contributed by atoms with Gasteiger partial charge < -0.3 is 4.90 Å². The number of anilines is 1. The summed E-state index contributed by atoms with van der Waals surface area (Å²) < 4.78 is 0. The summed E-state index contributed by atoms with van der Waals surface area (Å²) in [6.07, 6.45) is 12.1. The van der Waals surface area contributed by atoms with E-state index in [2.05, 4.69) is 30.8 Å². The van der Waals surface area contributed by atoms with Crippen LogP contribution < -0.4 is 4.90 Å². The fourth-order valence-electron chi connectivity index (χ4n) is 2.41. The maximum Gasteiger partial charge on any atom is 0.147 e. The molecule has 4 heteroatoms. The molecule has 0 amide bonds. The van der Waals surface area contributed by atoms with Gasteiger partial charge in [-0.05, 0) is 12.8 Å². The Bertz CT molecular complexity index is 298. The van der Waals surface area contributed by atoms with E-state index >= 15 is 0 Å². The van der Waals surface area contributed by atoms with Gasteiger partial charge in [-0.3, -0.25) is 4.98 Å². The van der Waals surface area contributed by atoms with Gasteiger partial charge in [-0.15, -0.1) is 0 Å². The third-order valence-corrected chi connectivity index (χ3v) is 3.54. The molecule has 0 atom stereocenters. The Kier molecular flexibility index (Phi) is 4.57. The first kappa shape index (κ1) is 11.8. The van der Waals surface area contributed by atoms with Crippen LogP contribution in [0.3, 0.4) is 0 Å². The van der Waals surface area contributed by atoms with Crippen molar-refractivity contribution in [2.75, 3.05) is 16.8 Å².